The zero-order valence-corrected chi connectivity index (χ0v) is 22.5. The number of hydrogen-bond acceptors (Lipinski definition) is 5. The van der Waals surface area contributed by atoms with Gasteiger partial charge in [-0.05, 0) is 67.2 Å². The van der Waals surface area contributed by atoms with E-state index in [9.17, 15) is 9.90 Å². The number of nitrogens with zero attached hydrogens (tertiary/aromatic N) is 4. The Labute approximate surface area is 201 Å². The van der Waals surface area contributed by atoms with Crippen molar-refractivity contribution >= 4 is 12.2 Å². The predicted octanol–water partition coefficient (Wildman–Crippen LogP) is 4.57. The largest absolute Gasteiger partial charge is 0.393 e. The van der Waals surface area contributed by atoms with Gasteiger partial charge in [0.1, 0.15) is 0 Å². The number of amides is 1. The minimum atomic E-state index is -0.203. The molecular formula is C26H48N4O3. The number of methoxy groups -OCH3 is 1. The van der Waals surface area contributed by atoms with Crippen LogP contribution in [0.3, 0.4) is 0 Å². The van der Waals surface area contributed by atoms with Gasteiger partial charge in [-0.25, -0.2) is 0 Å². The van der Waals surface area contributed by atoms with Gasteiger partial charge in [0.25, 0.3) is 0 Å². The second kappa shape index (κ2) is 10.8. The normalized spacial score (nSPS) is 23.5. The Kier molecular flexibility index (Phi) is 9.02. The number of piperidine rings is 1. The quantitative estimate of drug-likeness (QED) is 0.664. The molecule has 1 N–H and O–H groups in total. The summed E-state index contributed by atoms with van der Waals surface area (Å²) >= 11 is 0. The second-order valence-electron chi connectivity index (χ2n) is 11.8. The number of anilines is 1. The first-order valence-electron chi connectivity index (χ1n) is 12.6. The van der Waals surface area contributed by atoms with Crippen LogP contribution in [0.1, 0.15) is 92.3 Å². The molecule has 2 saturated heterocycles. The zero-order valence-electron chi connectivity index (χ0n) is 22.5. The van der Waals surface area contributed by atoms with Crippen LogP contribution in [0, 0.1) is 12.3 Å². The van der Waals surface area contributed by atoms with Crippen molar-refractivity contribution in [3.63, 3.8) is 0 Å². The van der Waals surface area contributed by atoms with Gasteiger partial charge in [-0.15, -0.1) is 0 Å². The maximum absolute atomic E-state index is 10.8. The number of aryl methyl sites for hydroxylation is 1. The number of ether oxygens (including phenoxy) is 1. The van der Waals surface area contributed by atoms with Crippen LogP contribution in [0.2, 0.25) is 0 Å². The lowest BCUT2D eigenvalue weighted by molar-refractivity contribution is -0.140. The molecule has 4 rings (SSSR count). The third kappa shape index (κ3) is 6.95. The smallest absolute Gasteiger partial charge is 0.209 e. The first-order chi connectivity index (χ1) is 15.3. The highest BCUT2D eigenvalue weighted by Crippen LogP contribution is 2.54. The molecule has 1 saturated carbocycles. The minimum absolute atomic E-state index is 0.0417. The Balaban J connectivity index is 0.000000369. The molecule has 0 radical (unpaired) electrons. The lowest BCUT2D eigenvalue weighted by atomic mass is 9.61. The monoisotopic (exact) mass is 464 g/mol. The SMILES string of the molecule is CCC.COC(C)(C)C.Cc1cc(N2CCC(O)CC2(C)C)nn1C1CC2(C1)CN(C=O)C2. The lowest BCUT2D eigenvalue weighted by Crippen LogP contribution is -2.61. The average molecular weight is 465 g/mol. The van der Waals surface area contributed by atoms with E-state index >= 15 is 0 Å². The van der Waals surface area contributed by atoms with Gasteiger partial charge in [-0.1, -0.05) is 20.3 Å². The molecule has 3 aliphatic rings. The number of carbonyl (C=O) groups is 1. The van der Waals surface area contributed by atoms with Crippen molar-refractivity contribution in [2.24, 2.45) is 5.41 Å². The summed E-state index contributed by atoms with van der Waals surface area (Å²) in [4.78, 5) is 15.0. The van der Waals surface area contributed by atoms with Gasteiger partial charge in [0.05, 0.1) is 17.7 Å². The number of aromatic nitrogens is 2. The summed E-state index contributed by atoms with van der Waals surface area (Å²) in [5.41, 5.74) is 1.54. The lowest BCUT2D eigenvalue weighted by Gasteiger charge is -2.58. The van der Waals surface area contributed by atoms with Gasteiger partial charge < -0.3 is 19.6 Å². The fourth-order valence-corrected chi connectivity index (χ4v) is 5.03. The Morgan fingerprint density at radius 3 is 2.21 bits per heavy atom. The van der Waals surface area contributed by atoms with E-state index in [1.807, 2.05) is 25.7 Å². The molecule has 1 atom stereocenters. The highest BCUT2D eigenvalue weighted by molar-refractivity contribution is 5.50. The van der Waals surface area contributed by atoms with Gasteiger partial charge in [-0.3, -0.25) is 9.48 Å². The van der Waals surface area contributed by atoms with E-state index in [4.69, 9.17) is 9.84 Å². The maximum Gasteiger partial charge on any atom is 0.209 e. The first kappa shape index (κ1) is 27.6. The molecule has 7 heteroatoms. The molecule has 2 aliphatic heterocycles. The van der Waals surface area contributed by atoms with Crippen molar-refractivity contribution in [1.29, 1.82) is 0 Å². The van der Waals surface area contributed by atoms with E-state index in [2.05, 4.69) is 50.3 Å². The van der Waals surface area contributed by atoms with Crippen molar-refractivity contribution in [2.75, 3.05) is 31.6 Å². The Morgan fingerprint density at radius 1 is 1.21 bits per heavy atom. The predicted molar refractivity (Wildman–Crippen MR) is 135 cm³/mol. The van der Waals surface area contributed by atoms with E-state index < -0.39 is 0 Å². The van der Waals surface area contributed by atoms with Crippen LogP contribution >= 0.6 is 0 Å². The van der Waals surface area contributed by atoms with Crippen molar-refractivity contribution in [3.05, 3.63) is 11.8 Å². The van der Waals surface area contributed by atoms with Crippen molar-refractivity contribution in [3.8, 4) is 0 Å². The molecule has 190 valence electrons. The summed E-state index contributed by atoms with van der Waals surface area (Å²) in [6.07, 6.45) is 5.85. The average Bonchev–Trinajstić information content (AvgIpc) is 3.00. The summed E-state index contributed by atoms with van der Waals surface area (Å²) in [6, 6.07) is 2.65. The molecule has 1 aliphatic carbocycles. The highest BCUT2D eigenvalue weighted by atomic mass is 16.5. The zero-order chi connectivity index (χ0) is 25.0. The highest BCUT2D eigenvalue weighted by Gasteiger charge is 2.53. The Bertz CT molecular complexity index is 754. The first-order valence-corrected chi connectivity index (χ1v) is 12.6. The van der Waals surface area contributed by atoms with Crippen LogP contribution in [-0.2, 0) is 9.53 Å². The van der Waals surface area contributed by atoms with Crippen LogP contribution in [0.4, 0.5) is 5.82 Å². The van der Waals surface area contributed by atoms with E-state index in [1.54, 1.807) is 7.11 Å². The van der Waals surface area contributed by atoms with E-state index in [1.165, 1.54) is 12.1 Å². The molecule has 7 nitrogen and oxygen atoms in total. The fraction of sp³-hybridized carbons (Fsp3) is 0.846. The van der Waals surface area contributed by atoms with Gasteiger partial charge >= 0.3 is 0 Å². The molecule has 3 fully saturated rings. The second-order valence-corrected chi connectivity index (χ2v) is 11.8. The Morgan fingerprint density at radius 2 is 1.76 bits per heavy atom. The van der Waals surface area contributed by atoms with E-state index in [-0.39, 0.29) is 17.2 Å². The minimum Gasteiger partial charge on any atom is -0.393 e. The molecule has 0 aromatic carbocycles. The molecule has 3 heterocycles. The van der Waals surface area contributed by atoms with Gasteiger partial charge in [0.15, 0.2) is 5.82 Å². The standard InChI is InChI=1S/C18H28N4O2.C5H12O.C3H8/c1-13-6-16(21-5-4-15(24)9-17(21,2)3)19-22(13)14-7-18(8-14)10-20(11-18)12-23;1-5(2,3)6-4;1-3-2/h6,12,14-15,24H,4-5,7-11H2,1-3H3;1-4H3;3H2,1-2H3. The van der Waals surface area contributed by atoms with Crippen LogP contribution < -0.4 is 4.90 Å². The number of hydrogen-bond donors (Lipinski definition) is 1. The summed E-state index contributed by atoms with van der Waals surface area (Å²) in [5.74, 6) is 1.04. The van der Waals surface area contributed by atoms with Crippen LogP contribution in [0.15, 0.2) is 6.07 Å². The van der Waals surface area contributed by atoms with Gasteiger partial charge in [0.2, 0.25) is 6.41 Å². The molecule has 0 bridgehead atoms. The molecule has 1 unspecified atom stereocenters. The van der Waals surface area contributed by atoms with Crippen LogP contribution in [-0.4, -0.2) is 70.2 Å². The molecule has 1 spiro atoms. The van der Waals surface area contributed by atoms with Gasteiger partial charge in [-0.2, -0.15) is 5.10 Å². The molecule has 33 heavy (non-hydrogen) atoms. The van der Waals surface area contributed by atoms with E-state index in [0.717, 1.165) is 57.5 Å². The topological polar surface area (TPSA) is 70.8 Å². The molecule has 1 amide bonds. The fourth-order valence-electron chi connectivity index (χ4n) is 5.03. The summed E-state index contributed by atoms with van der Waals surface area (Å²) < 4.78 is 7.12. The summed E-state index contributed by atoms with van der Waals surface area (Å²) in [6.45, 7) is 19.5. The Hall–Kier alpha value is -1.60. The van der Waals surface area contributed by atoms with Crippen LogP contribution in [0.25, 0.3) is 0 Å². The maximum atomic E-state index is 10.8. The van der Waals surface area contributed by atoms with Crippen LogP contribution in [0.5, 0.6) is 0 Å². The summed E-state index contributed by atoms with van der Waals surface area (Å²) in [7, 11) is 1.71. The number of aliphatic hydroxyl groups excluding tert-OH is 1. The molecular weight excluding hydrogens is 416 g/mol. The molecule has 1 aromatic rings. The third-order valence-corrected chi connectivity index (χ3v) is 6.86. The van der Waals surface area contributed by atoms with E-state index in [0.29, 0.717) is 11.5 Å². The third-order valence-electron chi connectivity index (χ3n) is 6.86. The number of carbonyl (C=O) groups excluding carboxylic acids is 1. The number of aliphatic hydroxyl groups is 1. The van der Waals surface area contributed by atoms with Crippen molar-refractivity contribution in [1.82, 2.24) is 14.7 Å². The number of likely N-dealkylation sites (tertiary alicyclic amines) is 1. The summed E-state index contributed by atoms with van der Waals surface area (Å²) in [5, 5.41) is 14.9. The molecule has 1 aromatic heterocycles. The van der Waals surface area contributed by atoms with Crippen molar-refractivity contribution < 1.29 is 14.6 Å². The van der Waals surface area contributed by atoms with Gasteiger partial charge in [0, 0.05) is 49.5 Å². The number of rotatable bonds is 3. The van der Waals surface area contributed by atoms with Crippen molar-refractivity contribution in [2.45, 2.75) is 111 Å².